The number of nitrogens with zero attached hydrogens (tertiary/aromatic N) is 2. The summed E-state index contributed by atoms with van der Waals surface area (Å²) in [6.45, 7) is 1.95. The molecular formula is C11H20N2O4. The van der Waals surface area contributed by atoms with E-state index < -0.39 is 11.9 Å². The van der Waals surface area contributed by atoms with Gasteiger partial charge in [-0.1, -0.05) is 0 Å². The molecule has 2 amide bonds. The van der Waals surface area contributed by atoms with Gasteiger partial charge in [-0.3, -0.25) is 4.79 Å². The Morgan fingerprint density at radius 1 is 1.53 bits per heavy atom. The molecule has 98 valence electrons. The first kappa shape index (κ1) is 13.8. The Hall–Kier alpha value is -1.30. The molecule has 0 aliphatic carbocycles. The van der Waals surface area contributed by atoms with Crippen molar-refractivity contribution in [2.24, 2.45) is 5.92 Å². The molecule has 0 aromatic rings. The lowest BCUT2D eigenvalue weighted by molar-refractivity contribution is -0.143. The summed E-state index contributed by atoms with van der Waals surface area (Å²) in [7, 11) is 3.28. The van der Waals surface area contributed by atoms with Crippen molar-refractivity contribution in [1.29, 1.82) is 0 Å². The van der Waals surface area contributed by atoms with E-state index in [0.717, 1.165) is 6.42 Å². The summed E-state index contributed by atoms with van der Waals surface area (Å²) in [6.07, 6.45) is 1.40. The van der Waals surface area contributed by atoms with Gasteiger partial charge >= 0.3 is 12.0 Å². The molecule has 1 saturated heterocycles. The SMILES string of the molecule is COCCN(C)C(=O)N1CCC[C@@H](C(=O)O)C1. The molecule has 0 spiro atoms. The van der Waals surface area contributed by atoms with Crippen LogP contribution in [0.25, 0.3) is 0 Å². The second-order valence-electron chi connectivity index (χ2n) is 4.32. The van der Waals surface area contributed by atoms with E-state index in [4.69, 9.17) is 9.84 Å². The van der Waals surface area contributed by atoms with Crippen LogP contribution in [-0.2, 0) is 9.53 Å². The van der Waals surface area contributed by atoms with Crippen molar-refractivity contribution >= 4 is 12.0 Å². The lowest BCUT2D eigenvalue weighted by Crippen LogP contribution is -2.48. The van der Waals surface area contributed by atoms with E-state index in [9.17, 15) is 9.59 Å². The van der Waals surface area contributed by atoms with Crippen LogP contribution in [0.2, 0.25) is 0 Å². The highest BCUT2D eigenvalue weighted by molar-refractivity contribution is 5.76. The van der Waals surface area contributed by atoms with Gasteiger partial charge in [0.2, 0.25) is 0 Å². The van der Waals surface area contributed by atoms with Gasteiger partial charge in [0.15, 0.2) is 0 Å². The number of urea groups is 1. The maximum atomic E-state index is 12.0. The third kappa shape index (κ3) is 3.89. The summed E-state index contributed by atoms with van der Waals surface area (Å²) in [5, 5.41) is 8.95. The third-order valence-corrected chi connectivity index (χ3v) is 3.00. The minimum absolute atomic E-state index is 0.118. The number of carboxylic acid groups (broad SMARTS) is 1. The van der Waals surface area contributed by atoms with Gasteiger partial charge in [0.1, 0.15) is 0 Å². The first-order chi connectivity index (χ1) is 8.06. The molecule has 17 heavy (non-hydrogen) atoms. The van der Waals surface area contributed by atoms with Crippen LogP contribution in [0.4, 0.5) is 4.79 Å². The Balaban J connectivity index is 2.48. The van der Waals surface area contributed by atoms with Crippen LogP contribution in [0.3, 0.4) is 0 Å². The van der Waals surface area contributed by atoms with Gasteiger partial charge in [-0.25, -0.2) is 4.79 Å². The van der Waals surface area contributed by atoms with Gasteiger partial charge in [-0.05, 0) is 12.8 Å². The number of piperidine rings is 1. The Kier molecular flexibility index (Phi) is 5.21. The number of amides is 2. The summed E-state index contributed by atoms with van der Waals surface area (Å²) >= 11 is 0. The van der Waals surface area contributed by atoms with Crippen molar-refractivity contribution in [2.45, 2.75) is 12.8 Å². The Bertz CT molecular complexity index is 283. The normalized spacial score (nSPS) is 20.1. The van der Waals surface area contributed by atoms with E-state index in [1.54, 1.807) is 24.0 Å². The fraction of sp³-hybridized carbons (Fsp3) is 0.818. The highest BCUT2D eigenvalue weighted by Crippen LogP contribution is 2.17. The van der Waals surface area contributed by atoms with E-state index in [1.165, 1.54) is 0 Å². The molecule has 1 aliphatic rings. The topological polar surface area (TPSA) is 70.1 Å². The molecular weight excluding hydrogens is 224 g/mol. The maximum Gasteiger partial charge on any atom is 0.319 e. The van der Waals surface area contributed by atoms with Crippen LogP contribution >= 0.6 is 0 Å². The van der Waals surface area contributed by atoms with E-state index in [1.807, 2.05) is 0 Å². The Morgan fingerprint density at radius 3 is 2.82 bits per heavy atom. The van der Waals surface area contributed by atoms with Gasteiger partial charge in [-0.2, -0.15) is 0 Å². The first-order valence-electron chi connectivity index (χ1n) is 5.78. The lowest BCUT2D eigenvalue weighted by Gasteiger charge is -2.33. The first-order valence-corrected chi connectivity index (χ1v) is 5.78. The molecule has 1 aliphatic heterocycles. The number of likely N-dealkylation sites (N-methyl/N-ethyl adjacent to an activating group) is 1. The Labute approximate surface area is 101 Å². The van der Waals surface area contributed by atoms with Gasteiger partial charge < -0.3 is 19.6 Å². The highest BCUT2D eigenvalue weighted by atomic mass is 16.5. The molecule has 0 radical (unpaired) electrons. The van der Waals surface area contributed by atoms with E-state index in [-0.39, 0.29) is 6.03 Å². The number of hydrogen-bond acceptors (Lipinski definition) is 3. The average Bonchev–Trinajstić information content (AvgIpc) is 2.35. The van der Waals surface area contributed by atoms with Crippen LogP contribution in [0.5, 0.6) is 0 Å². The van der Waals surface area contributed by atoms with Crippen molar-refractivity contribution in [3.05, 3.63) is 0 Å². The molecule has 0 saturated carbocycles. The molecule has 0 unspecified atom stereocenters. The standard InChI is InChI=1S/C11H20N2O4/c1-12(6-7-17-2)11(16)13-5-3-4-9(8-13)10(14)15/h9H,3-8H2,1-2H3,(H,14,15)/t9-/m1/s1. The third-order valence-electron chi connectivity index (χ3n) is 3.00. The van der Waals surface area contributed by atoms with Crippen LogP contribution in [0, 0.1) is 5.92 Å². The Morgan fingerprint density at radius 2 is 2.24 bits per heavy atom. The van der Waals surface area contributed by atoms with Crippen molar-refractivity contribution in [3.8, 4) is 0 Å². The molecule has 0 aromatic carbocycles. The molecule has 1 heterocycles. The summed E-state index contributed by atoms with van der Waals surface area (Å²) in [5.74, 6) is -1.24. The maximum absolute atomic E-state index is 12.0. The zero-order valence-corrected chi connectivity index (χ0v) is 10.4. The fourth-order valence-corrected chi connectivity index (χ4v) is 1.92. The molecule has 1 N–H and O–H groups in total. The quantitative estimate of drug-likeness (QED) is 0.781. The number of carbonyl (C=O) groups excluding carboxylic acids is 1. The van der Waals surface area contributed by atoms with Crippen LogP contribution in [0.1, 0.15) is 12.8 Å². The minimum atomic E-state index is -0.818. The molecule has 0 aromatic heterocycles. The smallest absolute Gasteiger partial charge is 0.319 e. The predicted molar refractivity (Wildman–Crippen MR) is 61.8 cm³/mol. The highest BCUT2D eigenvalue weighted by Gasteiger charge is 2.29. The summed E-state index contributed by atoms with van der Waals surface area (Å²) in [4.78, 5) is 26.0. The summed E-state index contributed by atoms with van der Waals surface area (Å²) in [6, 6.07) is -0.118. The number of ether oxygens (including phenoxy) is 1. The number of methoxy groups -OCH3 is 1. The molecule has 1 fully saturated rings. The molecule has 1 atom stereocenters. The number of hydrogen-bond donors (Lipinski definition) is 1. The molecule has 1 rings (SSSR count). The van der Waals surface area contributed by atoms with Crippen molar-refractivity contribution in [3.63, 3.8) is 0 Å². The molecule has 6 heteroatoms. The largest absolute Gasteiger partial charge is 0.481 e. The number of carboxylic acids is 1. The van der Waals surface area contributed by atoms with Crippen LogP contribution in [-0.4, -0.2) is 67.3 Å². The summed E-state index contributed by atoms with van der Waals surface area (Å²) in [5.41, 5.74) is 0. The second kappa shape index (κ2) is 6.44. The number of rotatable bonds is 4. The monoisotopic (exact) mass is 244 g/mol. The zero-order chi connectivity index (χ0) is 12.8. The van der Waals surface area contributed by atoms with E-state index in [2.05, 4.69) is 0 Å². The average molecular weight is 244 g/mol. The number of aliphatic carboxylic acids is 1. The fourth-order valence-electron chi connectivity index (χ4n) is 1.92. The molecule has 0 bridgehead atoms. The van der Waals surface area contributed by atoms with Gasteiger partial charge in [0.05, 0.1) is 12.5 Å². The van der Waals surface area contributed by atoms with Crippen molar-refractivity contribution in [2.75, 3.05) is 40.4 Å². The van der Waals surface area contributed by atoms with Crippen molar-refractivity contribution < 1.29 is 19.4 Å². The van der Waals surface area contributed by atoms with Crippen LogP contribution < -0.4 is 0 Å². The predicted octanol–water partition coefficient (Wildman–Crippen LogP) is 0.481. The lowest BCUT2D eigenvalue weighted by atomic mass is 9.99. The second-order valence-corrected chi connectivity index (χ2v) is 4.32. The molecule has 6 nitrogen and oxygen atoms in total. The van der Waals surface area contributed by atoms with Gasteiger partial charge in [0, 0.05) is 33.8 Å². The van der Waals surface area contributed by atoms with Crippen molar-refractivity contribution in [1.82, 2.24) is 9.80 Å². The van der Waals surface area contributed by atoms with Crippen LogP contribution in [0.15, 0.2) is 0 Å². The van der Waals surface area contributed by atoms with E-state index in [0.29, 0.717) is 32.7 Å². The van der Waals surface area contributed by atoms with Gasteiger partial charge in [0.25, 0.3) is 0 Å². The minimum Gasteiger partial charge on any atom is -0.481 e. The zero-order valence-electron chi connectivity index (χ0n) is 10.4. The number of likely N-dealkylation sites (tertiary alicyclic amines) is 1. The van der Waals surface area contributed by atoms with Gasteiger partial charge in [-0.15, -0.1) is 0 Å². The van der Waals surface area contributed by atoms with E-state index >= 15 is 0 Å². The summed E-state index contributed by atoms with van der Waals surface area (Å²) < 4.78 is 4.90. The number of carbonyl (C=O) groups is 2.